The van der Waals surface area contributed by atoms with Crippen molar-refractivity contribution in [1.82, 2.24) is 15.5 Å². The average molecular weight is 285 g/mol. The van der Waals surface area contributed by atoms with Crippen molar-refractivity contribution in [1.29, 1.82) is 5.41 Å². The van der Waals surface area contributed by atoms with Gasteiger partial charge in [0.15, 0.2) is 0 Å². The van der Waals surface area contributed by atoms with Crippen LogP contribution in [0.1, 0.15) is 0 Å². The second-order valence-corrected chi connectivity index (χ2v) is 3.44. The van der Waals surface area contributed by atoms with E-state index in [9.17, 15) is 9.59 Å². The van der Waals surface area contributed by atoms with Gasteiger partial charge in [0.25, 0.3) is 0 Å². The number of alkyl halides is 2. The normalized spacial score (nSPS) is 9.35. The van der Waals surface area contributed by atoms with Crippen molar-refractivity contribution in [2.75, 3.05) is 32.0 Å². The number of imide groups is 1. The van der Waals surface area contributed by atoms with E-state index in [1.54, 1.807) is 0 Å². The molecule has 0 heterocycles. The Balaban J connectivity index is 4.57. The molecule has 0 aromatic heterocycles. The molecular formula is C8H14Cl2N4O3. The van der Waals surface area contributed by atoms with Crippen molar-refractivity contribution in [3.8, 4) is 0 Å². The van der Waals surface area contributed by atoms with Gasteiger partial charge in [-0.25, -0.2) is 9.59 Å². The van der Waals surface area contributed by atoms with Crippen molar-refractivity contribution in [3.63, 3.8) is 0 Å². The molecule has 0 aliphatic carbocycles. The molecule has 17 heavy (non-hydrogen) atoms. The fourth-order valence-electron chi connectivity index (χ4n) is 0.834. The van der Waals surface area contributed by atoms with E-state index in [0.29, 0.717) is 4.90 Å². The van der Waals surface area contributed by atoms with Gasteiger partial charge in [0.1, 0.15) is 0 Å². The van der Waals surface area contributed by atoms with Crippen LogP contribution in [0, 0.1) is 5.41 Å². The maximum Gasteiger partial charge on any atom is 0.333 e. The maximum absolute atomic E-state index is 11.5. The lowest BCUT2D eigenvalue weighted by atomic mass is 10.6. The van der Waals surface area contributed by atoms with Crippen molar-refractivity contribution >= 4 is 41.3 Å². The summed E-state index contributed by atoms with van der Waals surface area (Å²) in [6.45, 7) is 0.355. The molecule has 0 fully saturated rings. The molecule has 0 saturated heterocycles. The number of amidine groups is 1. The van der Waals surface area contributed by atoms with E-state index in [1.165, 1.54) is 7.11 Å². The summed E-state index contributed by atoms with van der Waals surface area (Å²) >= 11 is 10.8. The molecule has 0 unspecified atom stereocenters. The van der Waals surface area contributed by atoms with E-state index in [-0.39, 0.29) is 24.8 Å². The number of ether oxygens (including phenoxy) is 1. The van der Waals surface area contributed by atoms with Gasteiger partial charge >= 0.3 is 18.1 Å². The number of halogens is 2. The summed E-state index contributed by atoms with van der Waals surface area (Å²) in [5.41, 5.74) is 0. The lowest BCUT2D eigenvalue weighted by Gasteiger charge is -2.20. The molecule has 0 aromatic carbocycles. The third-order valence-corrected chi connectivity index (χ3v) is 1.92. The van der Waals surface area contributed by atoms with Crippen LogP contribution < -0.4 is 10.6 Å². The Morgan fingerprint density at radius 3 is 1.88 bits per heavy atom. The predicted octanol–water partition coefficient (Wildman–Crippen LogP) is 0.766. The fourth-order valence-corrected chi connectivity index (χ4v) is 1.02. The molecule has 0 spiro atoms. The third-order valence-electron chi connectivity index (χ3n) is 1.54. The zero-order valence-corrected chi connectivity index (χ0v) is 10.8. The quantitative estimate of drug-likeness (QED) is 0.404. The Bertz CT molecular complexity index is 268. The number of hydrogen-bond donors (Lipinski definition) is 3. The van der Waals surface area contributed by atoms with E-state index in [4.69, 9.17) is 28.6 Å². The molecule has 4 amide bonds. The van der Waals surface area contributed by atoms with Gasteiger partial charge in [0.05, 0.1) is 7.11 Å². The maximum atomic E-state index is 11.5. The van der Waals surface area contributed by atoms with E-state index >= 15 is 0 Å². The molecule has 7 nitrogen and oxygen atoms in total. The highest BCUT2D eigenvalue weighted by Gasteiger charge is 2.26. The van der Waals surface area contributed by atoms with Gasteiger partial charge in [0, 0.05) is 24.8 Å². The summed E-state index contributed by atoms with van der Waals surface area (Å²) in [7, 11) is 1.18. The average Bonchev–Trinajstić information content (AvgIpc) is 2.33. The van der Waals surface area contributed by atoms with Gasteiger partial charge < -0.3 is 15.4 Å². The first-order valence-electron chi connectivity index (χ1n) is 4.68. The molecule has 0 aliphatic rings. The fraction of sp³-hybridized carbons (Fsp3) is 0.625. The lowest BCUT2D eigenvalue weighted by Crippen LogP contribution is -2.52. The van der Waals surface area contributed by atoms with Gasteiger partial charge in [-0.1, -0.05) is 0 Å². The Morgan fingerprint density at radius 2 is 1.59 bits per heavy atom. The number of hydrogen-bond acceptors (Lipinski definition) is 4. The number of carbonyl (C=O) groups excluding carboxylic acids is 2. The Kier molecular flexibility index (Phi) is 8.25. The standard InChI is InChI=1S/C8H14Cl2N4O3/c1-17-6(11)14(7(15)12-4-2-9)8(16)13-5-3-10/h11H,2-5H2,1H3,(H,12,15)(H,13,16). The SMILES string of the molecule is COC(=N)N(C(=O)NCCCl)C(=O)NCCCl. The van der Waals surface area contributed by atoms with Crippen LogP contribution in [-0.2, 0) is 4.74 Å². The minimum Gasteiger partial charge on any atom is -0.468 e. The number of rotatable bonds is 4. The number of carbonyl (C=O) groups is 2. The molecule has 0 radical (unpaired) electrons. The molecule has 0 bridgehead atoms. The van der Waals surface area contributed by atoms with Crippen molar-refractivity contribution in [3.05, 3.63) is 0 Å². The second kappa shape index (κ2) is 8.89. The van der Waals surface area contributed by atoms with Crippen molar-refractivity contribution in [2.45, 2.75) is 0 Å². The van der Waals surface area contributed by atoms with Crippen molar-refractivity contribution < 1.29 is 14.3 Å². The van der Waals surface area contributed by atoms with Gasteiger partial charge in [-0.3, -0.25) is 5.41 Å². The monoisotopic (exact) mass is 284 g/mol. The topological polar surface area (TPSA) is 94.5 Å². The van der Waals surface area contributed by atoms with E-state index in [1.807, 2.05) is 0 Å². The van der Waals surface area contributed by atoms with Crippen LogP contribution >= 0.6 is 23.2 Å². The van der Waals surface area contributed by atoms with E-state index < -0.39 is 18.1 Å². The summed E-state index contributed by atoms with van der Waals surface area (Å²) in [6, 6.07) is -2.17. The first-order chi connectivity index (χ1) is 8.08. The molecule has 9 heteroatoms. The molecule has 0 saturated carbocycles. The van der Waals surface area contributed by atoms with Gasteiger partial charge in [-0.05, 0) is 0 Å². The largest absolute Gasteiger partial charge is 0.468 e. The Morgan fingerprint density at radius 1 is 1.18 bits per heavy atom. The van der Waals surface area contributed by atoms with Gasteiger partial charge in [0.2, 0.25) is 0 Å². The molecule has 0 aromatic rings. The number of methoxy groups -OCH3 is 1. The molecule has 98 valence electrons. The van der Waals surface area contributed by atoms with Crippen LogP contribution in [0.5, 0.6) is 0 Å². The predicted molar refractivity (Wildman–Crippen MR) is 64.8 cm³/mol. The molecular weight excluding hydrogens is 271 g/mol. The molecule has 0 aliphatic heterocycles. The summed E-state index contributed by atoms with van der Waals surface area (Å²) in [5.74, 6) is 0.395. The highest BCUT2D eigenvalue weighted by molar-refractivity contribution is 6.18. The van der Waals surface area contributed by atoms with Crippen LogP contribution in [0.2, 0.25) is 0 Å². The van der Waals surface area contributed by atoms with Crippen LogP contribution in [0.25, 0.3) is 0 Å². The number of urea groups is 2. The second-order valence-electron chi connectivity index (χ2n) is 2.69. The van der Waals surface area contributed by atoms with Crippen LogP contribution in [0.15, 0.2) is 0 Å². The number of nitrogens with zero attached hydrogens (tertiary/aromatic N) is 1. The van der Waals surface area contributed by atoms with Crippen LogP contribution in [0.3, 0.4) is 0 Å². The molecule has 0 rings (SSSR count). The highest BCUT2D eigenvalue weighted by atomic mass is 35.5. The van der Waals surface area contributed by atoms with E-state index in [0.717, 1.165) is 0 Å². The molecule has 3 N–H and O–H groups in total. The summed E-state index contributed by atoms with van der Waals surface area (Å²) in [4.78, 5) is 23.6. The number of nitrogens with one attached hydrogen (secondary N) is 3. The smallest absolute Gasteiger partial charge is 0.333 e. The van der Waals surface area contributed by atoms with Gasteiger partial charge in [-0.2, -0.15) is 4.90 Å². The Hall–Kier alpha value is -1.21. The highest BCUT2D eigenvalue weighted by Crippen LogP contribution is 1.95. The van der Waals surface area contributed by atoms with E-state index in [2.05, 4.69) is 15.4 Å². The zero-order valence-electron chi connectivity index (χ0n) is 9.26. The van der Waals surface area contributed by atoms with Crippen LogP contribution in [-0.4, -0.2) is 54.9 Å². The number of amides is 4. The first-order valence-corrected chi connectivity index (χ1v) is 5.75. The summed E-state index contributed by atoms with van der Waals surface area (Å²) in [5, 5.41) is 12.0. The van der Waals surface area contributed by atoms with Gasteiger partial charge in [-0.15, -0.1) is 23.2 Å². The summed E-state index contributed by atoms with van der Waals surface area (Å²) in [6.07, 6.45) is 0. The minimum absolute atomic E-state index is 0.177. The zero-order chi connectivity index (χ0) is 13.3. The van der Waals surface area contributed by atoms with Crippen molar-refractivity contribution in [2.24, 2.45) is 0 Å². The lowest BCUT2D eigenvalue weighted by molar-refractivity contribution is 0.195. The molecule has 0 atom stereocenters. The first kappa shape index (κ1) is 15.8. The summed E-state index contributed by atoms with van der Waals surface area (Å²) < 4.78 is 4.54. The Labute approximate surface area is 109 Å². The van der Waals surface area contributed by atoms with Crippen LogP contribution in [0.4, 0.5) is 9.59 Å². The minimum atomic E-state index is -0.787. The third kappa shape index (κ3) is 5.60.